The summed E-state index contributed by atoms with van der Waals surface area (Å²) in [4.78, 5) is 15.8. The highest BCUT2D eigenvalue weighted by Gasteiger charge is 2.18. The number of para-hydroxylation sites is 1. The van der Waals surface area contributed by atoms with Crippen molar-refractivity contribution in [3.63, 3.8) is 0 Å². The van der Waals surface area contributed by atoms with E-state index in [0.717, 1.165) is 50.2 Å². The van der Waals surface area contributed by atoms with E-state index >= 15 is 0 Å². The second-order valence-corrected chi connectivity index (χ2v) is 14.6. The molecule has 0 amide bonds. The molecule has 3 aromatic heterocycles. The van der Waals surface area contributed by atoms with Crippen LogP contribution in [0.3, 0.4) is 0 Å². The minimum absolute atomic E-state index is 0.688. The molecule has 0 aliphatic carbocycles. The summed E-state index contributed by atoms with van der Waals surface area (Å²) < 4.78 is 2.61. The summed E-state index contributed by atoms with van der Waals surface area (Å²) >= 11 is 1.87. The Kier molecular flexibility index (Phi) is 6.73. The van der Waals surface area contributed by atoms with E-state index in [2.05, 4.69) is 176 Å². The van der Waals surface area contributed by atoms with Crippen LogP contribution in [0.15, 0.2) is 176 Å². The third-order valence-corrected chi connectivity index (χ3v) is 11.7. The van der Waals surface area contributed by atoms with E-state index in [4.69, 9.17) is 15.0 Å². The molecule has 0 radical (unpaired) electrons. The molecule has 3 heterocycles. The van der Waals surface area contributed by atoms with Crippen LogP contribution in [0.4, 0.5) is 0 Å². The zero-order chi connectivity index (χ0) is 34.9. The van der Waals surface area contributed by atoms with Crippen molar-refractivity contribution in [2.75, 3.05) is 0 Å². The highest BCUT2D eigenvalue weighted by atomic mass is 32.1. The first-order valence-corrected chi connectivity index (χ1v) is 18.7. The normalized spacial score (nSPS) is 11.8. The Morgan fingerprint density at radius 1 is 0.377 bits per heavy atom. The van der Waals surface area contributed by atoms with Gasteiger partial charge in [-0.05, 0) is 39.7 Å². The van der Waals surface area contributed by atoms with Crippen LogP contribution in [-0.4, -0.2) is 15.0 Å². The van der Waals surface area contributed by atoms with E-state index in [-0.39, 0.29) is 0 Å². The van der Waals surface area contributed by atoms with Crippen molar-refractivity contribution >= 4 is 74.7 Å². The molecule has 0 bridgehead atoms. The van der Waals surface area contributed by atoms with Gasteiger partial charge in [0.25, 0.3) is 0 Å². The zero-order valence-electron chi connectivity index (χ0n) is 28.5. The van der Waals surface area contributed by atoms with Gasteiger partial charge in [0.1, 0.15) is 0 Å². The van der Waals surface area contributed by atoms with Gasteiger partial charge in [-0.2, -0.15) is 0 Å². The maximum absolute atomic E-state index is 5.28. The minimum atomic E-state index is 0.688. The van der Waals surface area contributed by atoms with Crippen molar-refractivity contribution in [3.05, 3.63) is 176 Å². The predicted octanol–water partition coefficient (Wildman–Crippen LogP) is 13.5. The monoisotopic (exact) mass is 691 g/mol. The Morgan fingerprint density at radius 2 is 0.925 bits per heavy atom. The summed E-state index contributed by atoms with van der Waals surface area (Å²) in [6.07, 6.45) is 0. The fraction of sp³-hybridized carbons (Fsp3) is 0. The molecule has 0 saturated heterocycles. The van der Waals surface area contributed by atoms with Gasteiger partial charge in [0.05, 0.1) is 22.6 Å². The first kappa shape index (κ1) is 29.9. The summed E-state index contributed by atoms with van der Waals surface area (Å²) in [7, 11) is 0. The molecule has 0 N–H and O–H groups in total. The smallest absolute Gasteiger partial charge is 0.160 e. The Balaban J connectivity index is 1.10. The van der Waals surface area contributed by atoms with Crippen LogP contribution in [0.25, 0.3) is 109 Å². The highest BCUT2D eigenvalue weighted by Crippen LogP contribution is 2.43. The molecule has 0 spiro atoms. The Morgan fingerprint density at radius 3 is 1.62 bits per heavy atom. The van der Waals surface area contributed by atoms with E-state index < -0.39 is 0 Å². The maximum atomic E-state index is 5.28. The number of nitrogens with zero attached hydrogens (tertiary/aromatic N) is 3. The molecule has 0 unspecified atom stereocenters. The molecule has 11 aromatic rings. The van der Waals surface area contributed by atoms with Crippen molar-refractivity contribution in [2.45, 2.75) is 0 Å². The average molecular weight is 692 g/mol. The van der Waals surface area contributed by atoms with E-state index in [1.54, 1.807) is 0 Å². The lowest BCUT2D eigenvalue weighted by Gasteiger charge is -2.13. The molecule has 3 nitrogen and oxygen atoms in total. The van der Waals surface area contributed by atoms with Crippen molar-refractivity contribution in [2.24, 2.45) is 0 Å². The molecule has 8 aromatic carbocycles. The zero-order valence-corrected chi connectivity index (χ0v) is 29.3. The largest absolute Gasteiger partial charge is 0.247 e. The third kappa shape index (κ3) is 4.84. The first-order valence-electron chi connectivity index (χ1n) is 17.9. The van der Waals surface area contributed by atoms with Crippen molar-refractivity contribution in [1.29, 1.82) is 0 Å². The number of benzene rings is 8. The second kappa shape index (κ2) is 11.9. The van der Waals surface area contributed by atoms with Gasteiger partial charge in [0.2, 0.25) is 0 Å². The Hall–Kier alpha value is -6.75. The molecule has 4 heteroatoms. The summed E-state index contributed by atoms with van der Waals surface area (Å²) in [5, 5.41) is 10.9. The van der Waals surface area contributed by atoms with Gasteiger partial charge in [-0.15, -0.1) is 11.3 Å². The lowest BCUT2D eigenvalue weighted by atomic mass is 9.97. The molecule has 0 aliphatic rings. The summed E-state index contributed by atoms with van der Waals surface area (Å²) in [5.41, 5.74) is 7.95. The third-order valence-electron chi connectivity index (χ3n) is 10.5. The lowest BCUT2D eigenvalue weighted by Crippen LogP contribution is -1.97. The highest BCUT2D eigenvalue weighted by molar-refractivity contribution is 7.26. The number of hydrogen-bond donors (Lipinski definition) is 0. The Bertz CT molecular complexity index is 3130. The number of thiophene rings is 1. The molecular formula is C49H29N3S. The number of fused-ring (bicyclic) bond motifs is 9. The van der Waals surface area contributed by atoms with Gasteiger partial charge >= 0.3 is 0 Å². The van der Waals surface area contributed by atoms with Crippen LogP contribution in [0.5, 0.6) is 0 Å². The van der Waals surface area contributed by atoms with Gasteiger partial charge in [0, 0.05) is 58.6 Å². The van der Waals surface area contributed by atoms with Crippen LogP contribution in [0, 0.1) is 0 Å². The average Bonchev–Trinajstić information content (AvgIpc) is 3.62. The van der Waals surface area contributed by atoms with E-state index in [0.29, 0.717) is 5.82 Å². The second-order valence-electron chi connectivity index (χ2n) is 13.5. The molecule has 0 atom stereocenters. The van der Waals surface area contributed by atoms with Gasteiger partial charge in [0.15, 0.2) is 5.82 Å². The fourth-order valence-corrected chi connectivity index (χ4v) is 9.23. The van der Waals surface area contributed by atoms with Crippen molar-refractivity contribution in [1.82, 2.24) is 15.0 Å². The minimum Gasteiger partial charge on any atom is -0.247 e. The van der Waals surface area contributed by atoms with Crippen LogP contribution in [0.2, 0.25) is 0 Å². The van der Waals surface area contributed by atoms with Crippen molar-refractivity contribution < 1.29 is 0 Å². The van der Waals surface area contributed by atoms with Gasteiger partial charge in [-0.1, -0.05) is 158 Å². The topological polar surface area (TPSA) is 38.7 Å². The lowest BCUT2D eigenvalue weighted by molar-refractivity contribution is 1.19. The molecule has 246 valence electrons. The number of hydrogen-bond acceptors (Lipinski definition) is 4. The SMILES string of the molecule is c1ccc2c(-c3cc(-c4cccc5ccccc45)nc(-c4ccc(-c5nc6ccccc6c6c5ccc5c7ccccc7sc56)cc4)n3)cccc2c1. The van der Waals surface area contributed by atoms with Gasteiger partial charge in [-0.25, -0.2) is 15.0 Å². The van der Waals surface area contributed by atoms with E-state index in [1.165, 1.54) is 52.5 Å². The maximum Gasteiger partial charge on any atom is 0.160 e. The fourth-order valence-electron chi connectivity index (χ4n) is 7.96. The standard InChI is InChI=1S/C49H29N3S/c1-3-15-34-30(11-1)13-9-19-36(34)43-29-44(37-20-10-14-31-12-2-4-16-35(31)37)52-49(51-43)33-25-23-32(24-26-33)47-41-28-27-39-38-17-6-8-22-45(38)53-48(39)46(41)40-18-5-7-21-42(40)50-47/h1-29H. The molecule has 0 fully saturated rings. The summed E-state index contributed by atoms with van der Waals surface area (Å²) in [6.45, 7) is 0. The van der Waals surface area contributed by atoms with Crippen LogP contribution in [0.1, 0.15) is 0 Å². The number of rotatable bonds is 4. The molecule has 0 saturated carbocycles. The van der Waals surface area contributed by atoms with E-state index in [1.807, 2.05) is 11.3 Å². The van der Waals surface area contributed by atoms with Crippen LogP contribution in [-0.2, 0) is 0 Å². The summed E-state index contributed by atoms with van der Waals surface area (Å²) in [6, 6.07) is 62.4. The quantitative estimate of drug-likeness (QED) is 0.172. The van der Waals surface area contributed by atoms with Gasteiger partial charge in [-0.3, -0.25) is 0 Å². The number of aromatic nitrogens is 3. The van der Waals surface area contributed by atoms with E-state index in [9.17, 15) is 0 Å². The van der Waals surface area contributed by atoms with Crippen LogP contribution >= 0.6 is 11.3 Å². The first-order chi connectivity index (χ1) is 26.3. The van der Waals surface area contributed by atoms with Gasteiger partial charge < -0.3 is 0 Å². The van der Waals surface area contributed by atoms with Crippen molar-refractivity contribution in [3.8, 4) is 45.2 Å². The predicted molar refractivity (Wildman–Crippen MR) is 224 cm³/mol. The summed E-state index contributed by atoms with van der Waals surface area (Å²) in [5.74, 6) is 0.688. The molecule has 0 aliphatic heterocycles. The molecule has 11 rings (SSSR count). The molecular weight excluding hydrogens is 663 g/mol. The number of pyridine rings is 1. The Labute approximate surface area is 309 Å². The van der Waals surface area contributed by atoms with Crippen LogP contribution < -0.4 is 0 Å². The molecule has 53 heavy (non-hydrogen) atoms.